The maximum Gasteiger partial charge on any atom is 0.303 e. The number of hydrogen-bond donors (Lipinski definition) is 2. The zero-order valence-electron chi connectivity index (χ0n) is 20.6. The van der Waals surface area contributed by atoms with Crippen molar-refractivity contribution in [2.45, 2.75) is 83.3 Å². The molecule has 1 unspecified atom stereocenters. The number of methoxy groups -OCH3 is 1. The van der Waals surface area contributed by atoms with E-state index in [2.05, 4.69) is 33.9 Å². The van der Waals surface area contributed by atoms with E-state index >= 15 is 0 Å². The van der Waals surface area contributed by atoms with E-state index in [9.17, 15) is 19.8 Å². The lowest BCUT2D eigenvalue weighted by atomic mass is 9.91. The number of hydrogen-bond acceptors (Lipinski definition) is 9. The predicted octanol–water partition coefficient (Wildman–Crippen LogP) is 2.74. The number of rotatable bonds is 7. The Kier molecular flexibility index (Phi) is 8.55. The number of carbonyl (C=O) groups is 2. The first-order valence-electron chi connectivity index (χ1n) is 10.9. The standard InChI is InChI=1S/C23H36O9Si/c1-13(24)29-12-18-22(30-14(2)25)20(27)19(26)21(31-18)15-9-10-16(28-6)17(11-15)32-33(7,8)23(3,4)5/h9-11,18-22,26-27H,12H2,1-8H3/t18-,19+,20-,21?,22-/m1/s1. The molecule has 186 valence electrons. The molecule has 0 spiro atoms. The first kappa shape index (κ1) is 27.1. The molecule has 1 aromatic rings. The summed E-state index contributed by atoms with van der Waals surface area (Å²) in [6.45, 7) is 12.7. The van der Waals surface area contributed by atoms with Crippen LogP contribution in [0.3, 0.4) is 0 Å². The van der Waals surface area contributed by atoms with Gasteiger partial charge in [-0.2, -0.15) is 0 Å². The number of ether oxygens (including phenoxy) is 4. The van der Waals surface area contributed by atoms with Crippen molar-refractivity contribution in [1.29, 1.82) is 0 Å². The Morgan fingerprint density at radius 1 is 1.06 bits per heavy atom. The maximum atomic E-state index is 11.5. The minimum Gasteiger partial charge on any atom is -0.541 e. The van der Waals surface area contributed by atoms with Gasteiger partial charge >= 0.3 is 11.9 Å². The third kappa shape index (κ3) is 6.47. The van der Waals surface area contributed by atoms with E-state index in [1.54, 1.807) is 25.3 Å². The van der Waals surface area contributed by atoms with Crippen molar-refractivity contribution in [2.75, 3.05) is 13.7 Å². The molecule has 1 aliphatic heterocycles. The van der Waals surface area contributed by atoms with Crippen LogP contribution in [-0.4, -0.2) is 68.6 Å². The van der Waals surface area contributed by atoms with Gasteiger partial charge in [0.1, 0.15) is 36.8 Å². The summed E-state index contributed by atoms with van der Waals surface area (Å²) < 4.78 is 28.1. The number of aliphatic hydroxyl groups is 2. The molecule has 5 atom stereocenters. The normalized spacial score (nSPS) is 25.8. The van der Waals surface area contributed by atoms with Crippen LogP contribution in [0, 0.1) is 0 Å². The minimum atomic E-state index is -2.21. The van der Waals surface area contributed by atoms with Crippen molar-refractivity contribution in [3.63, 3.8) is 0 Å². The van der Waals surface area contributed by atoms with Gasteiger partial charge in [-0.3, -0.25) is 9.59 Å². The molecule has 1 heterocycles. The highest BCUT2D eigenvalue weighted by Crippen LogP contribution is 2.42. The maximum absolute atomic E-state index is 11.5. The Hall–Kier alpha value is -2.14. The molecule has 9 nitrogen and oxygen atoms in total. The van der Waals surface area contributed by atoms with Gasteiger partial charge in [0.25, 0.3) is 8.32 Å². The fourth-order valence-corrected chi connectivity index (χ4v) is 4.28. The van der Waals surface area contributed by atoms with Gasteiger partial charge in [0.2, 0.25) is 0 Å². The molecular weight excluding hydrogens is 448 g/mol. The lowest BCUT2D eigenvalue weighted by Crippen LogP contribution is -2.57. The Morgan fingerprint density at radius 3 is 2.21 bits per heavy atom. The average Bonchev–Trinajstić information content (AvgIpc) is 2.69. The zero-order valence-corrected chi connectivity index (χ0v) is 21.6. The van der Waals surface area contributed by atoms with Gasteiger partial charge in [-0.25, -0.2) is 0 Å². The zero-order chi connectivity index (χ0) is 25.1. The molecule has 0 amide bonds. The van der Waals surface area contributed by atoms with Crippen molar-refractivity contribution in [3.05, 3.63) is 23.8 Å². The van der Waals surface area contributed by atoms with Crippen LogP contribution >= 0.6 is 0 Å². The van der Waals surface area contributed by atoms with Crippen LogP contribution < -0.4 is 9.16 Å². The topological polar surface area (TPSA) is 121 Å². The molecule has 33 heavy (non-hydrogen) atoms. The van der Waals surface area contributed by atoms with Crippen LogP contribution in [0.2, 0.25) is 18.1 Å². The quantitative estimate of drug-likeness (QED) is 0.444. The third-order valence-corrected chi connectivity index (χ3v) is 10.5. The van der Waals surface area contributed by atoms with Crippen molar-refractivity contribution in [3.8, 4) is 11.5 Å². The van der Waals surface area contributed by atoms with Crippen molar-refractivity contribution < 1.29 is 43.2 Å². The Balaban J connectivity index is 2.41. The lowest BCUT2D eigenvalue weighted by molar-refractivity contribution is -0.242. The van der Waals surface area contributed by atoms with Crippen LogP contribution in [0.25, 0.3) is 0 Å². The summed E-state index contributed by atoms with van der Waals surface area (Å²) in [4.78, 5) is 22.8. The Morgan fingerprint density at radius 2 is 1.70 bits per heavy atom. The molecule has 0 saturated carbocycles. The summed E-state index contributed by atoms with van der Waals surface area (Å²) in [5.41, 5.74) is 0.533. The summed E-state index contributed by atoms with van der Waals surface area (Å²) in [5, 5.41) is 21.5. The molecule has 2 N–H and O–H groups in total. The minimum absolute atomic E-state index is 0.0581. The van der Waals surface area contributed by atoms with Crippen LogP contribution in [-0.2, 0) is 23.8 Å². The highest BCUT2D eigenvalue weighted by molar-refractivity contribution is 6.74. The van der Waals surface area contributed by atoms with E-state index in [1.807, 2.05) is 0 Å². The number of benzene rings is 1. The SMILES string of the molecule is COc1ccc(C2O[C@H](COC(C)=O)[C@@H](OC(C)=O)[C@H](O)[C@@H]2O)cc1O[Si](C)(C)C(C)(C)C. The monoisotopic (exact) mass is 484 g/mol. The molecule has 2 rings (SSSR count). The molecule has 1 fully saturated rings. The molecule has 0 aromatic heterocycles. The van der Waals surface area contributed by atoms with E-state index in [1.165, 1.54) is 13.8 Å². The molecular formula is C23H36O9Si. The fourth-order valence-electron chi connectivity index (χ4n) is 3.26. The van der Waals surface area contributed by atoms with Gasteiger partial charge in [-0.1, -0.05) is 26.8 Å². The molecule has 0 bridgehead atoms. The molecule has 1 aliphatic rings. The highest BCUT2D eigenvalue weighted by atomic mass is 28.4. The smallest absolute Gasteiger partial charge is 0.303 e. The van der Waals surface area contributed by atoms with Crippen LogP contribution in [0.15, 0.2) is 18.2 Å². The van der Waals surface area contributed by atoms with Gasteiger partial charge in [-0.15, -0.1) is 0 Å². The van der Waals surface area contributed by atoms with E-state index in [0.29, 0.717) is 17.1 Å². The van der Waals surface area contributed by atoms with Crippen molar-refractivity contribution in [1.82, 2.24) is 0 Å². The average molecular weight is 485 g/mol. The second-order valence-corrected chi connectivity index (χ2v) is 14.5. The van der Waals surface area contributed by atoms with E-state index in [-0.39, 0.29) is 11.6 Å². The predicted molar refractivity (Wildman–Crippen MR) is 123 cm³/mol. The van der Waals surface area contributed by atoms with Crippen molar-refractivity contribution >= 4 is 20.3 Å². The lowest BCUT2D eigenvalue weighted by Gasteiger charge is -2.42. The van der Waals surface area contributed by atoms with E-state index < -0.39 is 50.8 Å². The highest BCUT2D eigenvalue weighted by Gasteiger charge is 2.47. The summed E-state index contributed by atoms with van der Waals surface area (Å²) in [6, 6.07) is 5.13. The summed E-state index contributed by atoms with van der Waals surface area (Å²) in [7, 11) is -0.668. The molecule has 10 heteroatoms. The van der Waals surface area contributed by atoms with E-state index in [0.717, 1.165) is 0 Å². The summed E-state index contributed by atoms with van der Waals surface area (Å²) in [6.07, 6.45) is -6.03. The Labute approximate surface area is 196 Å². The second kappa shape index (κ2) is 10.4. The van der Waals surface area contributed by atoms with Gasteiger partial charge in [0.15, 0.2) is 11.9 Å². The molecule has 0 aliphatic carbocycles. The molecule has 0 radical (unpaired) electrons. The second-order valence-electron chi connectivity index (χ2n) is 9.73. The van der Waals surface area contributed by atoms with Gasteiger partial charge in [-0.05, 0) is 35.8 Å². The summed E-state index contributed by atoms with van der Waals surface area (Å²) >= 11 is 0. The van der Waals surface area contributed by atoms with Gasteiger partial charge < -0.3 is 33.6 Å². The summed E-state index contributed by atoms with van der Waals surface area (Å²) in [5.74, 6) is -0.170. The van der Waals surface area contributed by atoms with E-state index in [4.69, 9.17) is 23.4 Å². The van der Waals surface area contributed by atoms with Crippen molar-refractivity contribution in [2.24, 2.45) is 0 Å². The molecule has 1 aromatic carbocycles. The van der Waals surface area contributed by atoms with Gasteiger partial charge in [0, 0.05) is 13.8 Å². The third-order valence-electron chi connectivity index (χ3n) is 6.12. The largest absolute Gasteiger partial charge is 0.541 e. The number of carbonyl (C=O) groups excluding carboxylic acids is 2. The number of esters is 2. The first-order valence-corrected chi connectivity index (χ1v) is 13.8. The Bertz CT molecular complexity index is 849. The molecule has 1 saturated heterocycles. The number of aliphatic hydroxyl groups excluding tert-OH is 2. The van der Waals surface area contributed by atoms with Crippen LogP contribution in [0.5, 0.6) is 11.5 Å². The van der Waals surface area contributed by atoms with Crippen LogP contribution in [0.4, 0.5) is 0 Å². The van der Waals surface area contributed by atoms with Crippen LogP contribution in [0.1, 0.15) is 46.3 Å². The fraction of sp³-hybridized carbons (Fsp3) is 0.652. The first-order chi connectivity index (χ1) is 15.2. The van der Waals surface area contributed by atoms with Gasteiger partial charge in [0.05, 0.1) is 7.11 Å².